The molecule has 2 aromatic carbocycles. The minimum absolute atomic E-state index is 0.337. The number of carbonyl (C=O) groups is 1. The molecule has 0 N–H and O–H groups in total. The molecule has 0 saturated carbocycles. The van der Waals surface area contributed by atoms with Crippen molar-refractivity contribution in [2.24, 2.45) is 0 Å². The molecule has 0 spiro atoms. The SMILES string of the molecule is C=C(C)C(=O)OC(OSc1ccccc1)c1ccccc1. The van der Waals surface area contributed by atoms with Gasteiger partial charge in [0.1, 0.15) is 0 Å². The van der Waals surface area contributed by atoms with E-state index in [1.165, 1.54) is 12.0 Å². The monoisotopic (exact) mass is 300 g/mol. The van der Waals surface area contributed by atoms with Crippen LogP contribution in [0.25, 0.3) is 0 Å². The van der Waals surface area contributed by atoms with Crippen molar-refractivity contribution in [3.05, 3.63) is 78.4 Å². The smallest absolute Gasteiger partial charge is 0.335 e. The van der Waals surface area contributed by atoms with Crippen LogP contribution in [0.1, 0.15) is 18.8 Å². The third kappa shape index (κ3) is 4.77. The number of benzene rings is 2. The van der Waals surface area contributed by atoms with Crippen LogP contribution in [-0.2, 0) is 13.7 Å². The van der Waals surface area contributed by atoms with Crippen LogP contribution in [0, 0.1) is 0 Å². The van der Waals surface area contributed by atoms with Gasteiger partial charge in [-0.05, 0) is 19.1 Å². The van der Waals surface area contributed by atoms with Gasteiger partial charge in [-0.1, -0.05) is 55.1 Å². The zero-order valence-electron chi connectivity index (χ0n) is 11.7. The lowest BCUT2D eigenvalue weighted by Crippen LogP contribution is -2.12. The van der Waals surface area contributed by atoms with Crippen LogP contribution in [0.2, 0.25) is 0 Å². The average Bonchev–Trinajstić information content (AvgIpc) is 2.53. The molecule has 21 heavy (non-hydrogen) atoms. The first kappa shape index (κ1) is 15.4. The van der Waals surface area contributed by atoms with Gasteiger partial charge in [-0.2, -0.15) is 0 Å². The highest BCUT2D eigenvalue weighted by atomic mass is 32.2. The molecular formula is C17H16O3S. The third-order valence-corrected chi connectivity index (χ3v) is 3.34. The first-order chi connectivity index (χ1) is 10.2. The van der Waals surface area contributed by atoms with Gasteiger partial charge in [-0.15, -0.1) is 0 Å². The standard InChI is InChI=1S/C17H16O3S/c1-13(2)16(18)19-17(14-9-5-3-6-10-14)20-21-15-11-7-4-8-12-15/h3-12,17H,1H2,2H3. The lowest BCUT2D eigenvalue weighted by Gasteiger charge is -2.17. The van der Waals surface area contributed by atoms with Crippen molar-refractivity contribution < 1.29 is 13.7 Å². The van der Waals surface area contributed by atoms with Crippen molar-refractivity contribution in [2.75, 3.05) is 0 Å². The highest BCUT2D eigenvalue weighted by molar-refractivity contribution is 7.94. The zero-order chi connectivity index (χ0) is 15.1. The molecule has 0 aromatic heterocycles. The Bertz CT molecular complexity index is 596. The summed E-state index contributed by atoms with van der Waals surface area (Å²) in [5.41, 5.74) is 1.11. The largest absolute Gasteiger partial charge is 0.427 e. The molecule has 0 heterocycles. The quantitative estimate of drug-likeness (QED) is 0.340. The zero-order valence-corrected chi connectivity index (χ0v) is 12.5. The summed E-state index contributed by atoms with van der Waals surface area (Å²) in [5, 5.41) is 0. The van der Waals surface area contributed by atoms with E-state index in [-0.39, 0.29) is 0 Å². The molecule has 0 bridgehead atoms. The molecule has 0 saturated heterocycles. The summed E-state index contributed by atoms with van der Waals surface area (Å²) in [6, 6.07) is 18.9. The third-order valence-electron chi connectivity index (χ3n) is 2.61. The Labute approximate surface area is 128 Å². The van der Waals surface area contributed by atoms with Crippen molar-refractivity contribution in [2.45, 2.75) is 18.1 Å². The van der Waals surface area contributed by atoms with E-state index in [2.05, 4.69) is 6.58 Å². The van der Waals surface area contributed by atoms with Crippen LogP contribution < -0.4 is 0 Å². The number of ether oxygens (including phenoxy) is 1. The summed E-state index contributed by atoms with van der Waals surface area (Å²) < 4.78 is 11.0. The van der Waals surface area contributed by atoms with E-state index in [1.54, 1.807) is 6.92 Å². The van der Waals surface area contributed by atoms with Gasteiger partial charge in [-0.3, -0.25) is 4.18 Å². The van der Waals surface area contributed by atoms with Crippen LogP contribution in [0.5, 0.6) is 0 Å². The van der Waals surface area contributed by atoms with Crippen LogP contribution in [-0.4, -0.2) is 5.97 Å². The highest BCUT2D eigenvalue weighted by Gasteiger charge is 2.18. The number of hydrogen-bond acceptors (Lipinski definition) is 4. The Morgan fingerprint density at radius 2 is 1.62 bits per heavy atom. The molecule has 1 atom stereocenters. The highest BCUT2D eigenvalue weighted by Crippen LogP contribution is 2.29. The van der Waals surface area contributed by atoms with Gasteiger partial charge >= 0.3 is 5.97 Å². The summed E-state index contributed by atoms with van der Waals surface area (Å²) in [6.07, 6.45) is -0.777. The van der Waals surface area contributed by atoms with Gasteiger partial charge in [0.05, 0.1) is 0 Å². The Morgan fingerprint density at radius 1 is 1.05 bits per heavy atom. The van der Waals surface area contributed by atoms with E-state index >= 15 is 0 Å². The van der Waals surface area contributed by atoms with E-state index in [1.807, 2.05) is 60.7 Å². The van der Waals surface area contributed by atoms with Crippen LogP contribution in [0.3, 0.4) is 0 Å². The van der Waals surface area contributed by atoms with Crippen molar-refractivity contribution in [1.82, 2.24) is 0 Å². The fourth-order valence-electron chi connectivity index (χ4n) is 1.53. The molecule has 2 rings (SSSR count). The topological polar surface area (TPSA) is 35.5 Å². The van der Waals surface area contributed by atoms with Gasteiger partial charge in [-0.25, -0.2) is 4.79 Å². The predicted octanol–water partition coefficient (Wildman–Crippen LogP) is 4.53. The average molecular weight is 300 g/mol. The summed E-state index contributed by atoms with van der Waals surface area (Å²) in [6.45, 7) is 5.19. The molecular weight excluding hydrogens is 284 g/mol. The van der Waals surface area contributed by atoms with Crippen LogP contribution in [0.15, 0.2) is 77.7 Å². The van der Waals surface area contributed by atoms with E-state index in [4.69, 9.17) is 8.92 Å². The predicted molar refractivity (Wildman–Crippen MR) is 83.5 cm³/mol. The second kappa shape index (κ2) is 7.67. The fourth-order valence-corrected chi connectivity index (χ4v) is 2.14. The first-order valence-corrected chi connectivity index (χ1v) is 7.21. The Hall–Kier alpha value is -2.04. The summed E-state index contributed by atoms with van der Waals surface area (Å²) in [4.78, 5) is 12.7. The van der Waals surface area contributed by atoms with Crippen LogP contribution in [0.4, 0.5) is 0 Å². The Kier molecular flexibility index (Phi) is 5.60. The number of hydrogen-bond donors (Lipinski definition) is 0. The lowest BCUT2D eigenvalue weighted by molar-refractivity contribution is -0.158. The van der Waals surface area contributed by atoms with Crippen molar-refractivity contribution in [3.8, 4) is 0 Å². The second-order valence-electron chi connectivity index (χ2n) is 4.42. The summed E-state index contributed by atoms with van der Waals surface area (Å²) >= 11 is 1.17. The van der Waals surface area contributed by atoms with E-state index < -0.39 is 12.3 Å². The fraction of sp³-hybridized carbons (Fsp3) is 0.118. The number of rotatable bonds is 6. The molecule has 0 radical (unpaired) electrons. The maximum atomic E-state index is 11.7. The molecule has 2 aromatic rings. The summed E-state index contributed by atoms with van der Waals surface area (Å²) in [7, 11) is 0. The van der Waals surface area contributed by atoms with Gasteiger partial charge in [0.25, 0.3) is 0 Å². The maximum Gasteiger partial charge on any atom is 0.335 e. The molecule has 108 valence electrons. The molecule has 0 aliphatic carbocycles. The van der Waals surface area contributed by atoms with E-state index in [0.717, 1.165) is 10.5 Å². The molecule has 3 nitrogen and oxygen atoms in total. The van der Waals surface area contributed by atoms with Crippen molar-refractivity contribution >= 4 is 18.0 Å². The molecule has 1 unspecified atom stereocenters. The lowest BCUT2D eigenvalue weighted by atomic mass is 10.2. The normalized spacial score (nSPS) is 11.7. The minimum Gasteiger partial charge on any atom is -0.427 e. The van der Waals surface area contributed by atoms with Gasteiger partial charge in [0.2, 0.25) is 6.29 Å². The Balaban J connectivity index is 2.08. The second-order valence-corrected chi connectivity index (χ2v) is 5.25. The van der Waals surface area contributed by atoms with Crippen molar-refractivity contribution in [3.63, 3.8) is 0 Å². The molecule has 0 aliphatic rings. The van der Waals surface area contributed by atoms with E-state index in [0.29, 0.717) is 5.57 Å². The first-order valence-electron chi connectivity index (χ1n) is 6.46. The maximum absolute atomic E-state index is 11.7. The Morgan fingerprint density at radius 3 is 2.19 bits per heavy atom. The molecule has 0 fully saturated rings. The molecule has 4 heteroatoms. The van der Waals surface area contributed by atoms with Gasteiger partial charge in [0, 0.05) is 28.1 Å². The molecule has 0 aliphatic heterocycles. The van der Waals surface area contributed by atoms with E-state index in [9.17, 15) is 4.79 Å². The number of esters is 1. The van der Waals surface area contributed by atoms with Gasteiger partial charge in [0.15, 0.2) is 0 Å². The van der Waals surface area contributed by atoms with Crippen molar-refractivity contribution in [1.29, 1.82) is 0 Å². The van der Waals surface area contributed by atoms with Crippen LogP contribution >= 0.6 is 12.0 Å². The van der Waals surface area contributed by atoms with Gasteiger partial charge < -0.3 is 4.74 Å². The minimum atomic E-state index is -0.777. The number of carbonyl (C=O) groups excluding carboxylic acids is 1. The summed E-state index contributed by atoms with van der Waals surface area (Å²) in [5.74, 6) is -0.475. The molecule has 0 amide bonds.